The monoisotopic (exact) mass is 383 g/mol. The molecule has 0 aliphatic rings. The molecule has 3 rings (SSSR count). The number of rotatable bonds is 1. The number of hydrogen-bond donors (Lipinski definition) is 1. The van der Waals surface area contributed by atoms with E-state index in [1.165, 1.54) is 0 Å². The highest BCUT2D eigenvalue weighted by Gasteiger charge is 2.12. The Labute approximate surface area is 129 Å². The van der Waals surface area contributed by atoms with Crippen molar-refractivity contribution in [1.82, 2.24) is 9.55 Å². The highest BCUT2D eigenvalue weighted by atomic mass is 127. The van der Waals surface area contributed by atoms with Crippen LogP contribution < -0.4 is 5.73 Å². The zero-order chi connectivity index (χ0) is 13.6. The summed E-state index contributed by atoms with van der Waals surface area (Å²) in [5.74, 6) is 0.447. The molecule has 1 aromatic heterocycles. The molecule has 0 unspecified atom stereocenters. The SMILES string of the molecule is Cc1ccc(-n2c(N)nc3cc(I)ccc32)c(Cl)c1. The van der Waals surface area contributed by atoms with Gasteiger partial charge in [0.15, 0.2) is 0 Å². The summed E-state index contributed by atoms with van der Waals surface area (Å²) < 4.78 is 3.01. The van der Waals surface area contributed by atoms with Gasteiger partial charge < -0.3 is 5.73 Å². The molecule has 0 spiro atoms. The number of nitrogens with zero attached hydrogens (tertiary/aromatic N) is 2. The Bertz CT molecular complexity index is 780. The van der Waals surface area contributed by atoms with Crippen molar-refractivity contribution in [2.45, 2.75) is 6.92 Å². The molecular weight excluding hydrogens is 373 g/mol. The summed E-state index contributed by atoms with van der Waals surface area (Å²) in [5, 5.41) is 0.671. The molecule has 0 aliphatic heterocycles. The van der Waals surface area contributed by atoms with E-state index in [0.717, 1.165) is 25.9 Å². The summed E-state index contributed by atoms with van der Waals surface area (Å²) in [6.07, 6.45) is 0. The van der Waals surface area contributed by atoms with E-state index >= 15 is 0 Å². The molecule has 3 aromatic rings. The maximum absolute atomic E-state index is 6.32. The molecule has 2 aromatic carbocycles. The van der Waals surface area contributed by atoms with Gasteiger partial charge in [0.25, 0.3) is 0 Å². The van der Waals surface area contributed by atoms with Crippen LogP contribution in [0.5, 0.6) is 0 Å². The first-order valence-electron chi connectivity index (χ1n) is 5.76. The van der Waals surface area contributed by atoms with Crippen molar-refractivity contribution < 1.29 is 0 Å². The first-order valence-corrected chi connectivity index (χ1v) is 7.22. The highest BCUT2D eigenvalue weighted by Crippen LogP contribution is 2.29. The molecule has 3 nitrogen and oxygen atoms in total. The van der Waals surface area contributed by atoms with Crippen LogP contribution in [-0.4, -0.2) is 9.55 Å². The van der Waals surface area contributed by atoms with Gasteiger partial charge in [-0.15, -0.1) is 0 Å². The minimum Gasteiger partial charge on any atom is -0.369 e. The summed E-state index contributed by atoms with van der Waals surface area (Å²) in [5.41, 5.74) is 9.84. The Morgan fingerprint density at radius 3 is 2.74 bits per heavy atom. The number of benzene rings is 2. The predicted molar refractivity (Wildman–Crippen MR) is 87.9 cm³/mol. The van der Waals surface area contributed by atoms with Crippen molar-refractivity contribution in [1.29, 1.82) is 0 Å². The summed E-state index contributed by atoms with van der Waals surface area (Å²) in [4.78, 5) is 4.39. The molecule has 96 valence electrons. The number of aromatic nitrogens is 2. The minimum atomic E-state index is 0.447. The molecule has 2 N–H and O–H groups in total. The summed E-state index contributed by atoms with van der Waals surface area (Å²) in [6.45, 7) is 2.01. The molecule has 5 heteroatoms. The highest BCUT2D eigenvalue weighted by molar-refractivity contribution is 14.1. The van der Waals surface area contributed by atoms with Crippen LogP contribution in [0.25, 0.3) is 16.7 Å². The Morgan fingerprint density at radius 1 is 1.21 bits per heavy atom. The van der Waals surface area contributed by atoms with Gasteiger partial charge in [-0.05, 0) is 65.4 Å². The molecule has 0 atom stereocenters. The van der Waals surface area contributed by atoms with Crippen LogP contribution in [0, 0.1) is 10.5 Å². The molecule has 1 heterocycles. The molecule has 0 radical (unpaired) electrons. The first kappa shape index (κ1) is 12.7. The van der Waals surface area contributed by atoms with E-state index in [1.54, 1.807) is 0 Å². The average Bonchev–Trinajstić information content (AvgIpc) is 2.65. The predicted octanol–water partition coefficient (Wildman–Crippen LogP) is 4.17. The number of imidazole rings is 1. The van der Waals surface area contributed by atoms with E-state index in [4.69, 9.17) is 17.3 Å². The molecule has 0 aliphatic carbocycles. The van der Waals surface area contributed by atoms with E-state index in [0.29, 0.717) is 11.0 Å². The second-order valence-electron chi connectivity index (χ2n) is 4.39. The lowest BCUT2D eigenvalue weighted by Gasteiger charge is -2.09. The normalized spacial score (nSPS) is 11.1. The summed E-state index contributed by atoms with van der Waals surface area (Å²) in [6, 6.07) is 11.9. The van der Waals surface area contributed by atoms with Crippen LogP contribution in [0.3, 0.4) is 0 Å². The molecule has 0 saturated carbocycles. The molecule has 19 heavy (non-hydrogen) atoms. The van der Waals surface area contributed by atoms with Crippen LogP contribution in [0.2, 0.25) is 5.02 Å². The van der Waals surface area contributed by atoms with Crippen molar-refractivity contribution >= 4 is 51.2 Å². The number of hydrogen-bond acceptors (Lipinski definition) is 2. The van der Waals surface area contributed by atoms with E-state index in [9.17, 15) is 0 Å². The summed E-state index contributed by atoms with van der Waals surface area (Å²) in [7, 11) is 0. The van der Waals surface area contributed by atoms with Gasteiger partial charge in [0.05, 0.1) is 21.7 Å². The van der Waals surface area contributed by atoms with Crippen molar-refractivity contribution in [2.24, 2.45) is 0 Å². The fourth-order valence-electron chi connectivity index (χ4n) is 2.12. The van der Waals surface area contributed by atoms with E-state index in [-0.39, 0.29) is 0 Å². The number of fused-ring (bicyclic) bond motifs is 1. The number of nitrogens with two attached hydrogens (primary N) is 1. The average molecular weight is 384 g/mol. The third-order valence-corrected chi connectivity index (χ3v) is 3.96. The maximum atomic E-state index is 6.32. The fourth-order valence-corrected chi connectivity index (χ4v) is 2.91. The standard InChI is InChI=1S/C14H11ClIN3/c1-8-2-4-12(10(15)6-8)19-13-5-3-9(16)7-11(13)18-14(19)17/h2-7H,1H3,(H2,17,18). The van der Waals surface area contributed by atoms with Gasteiger partial charge in [-0.2, -0.15) is 0 Å². The fraction of sp³-hybridized carbons (Fsp3) is 0.0714. The zero-order valence-corrected chi connectivity index (χ0v) is 13.1. The Hall–Kier alpha value is -1.27. The molecule has 0 bridgehead atoms. The first-order chi connectivity index (χ1) is 9.06. The van der Waals surface area contributed by atoms with Crippen molar-refractivity contribution in [2.75, 3.05) is 5.73 Å². The van der Waals surface area contributed by atoms with Gasteiger partial charge in [-0.1, -0.05) is 17.7 Å². The van der Waals surface area contributed by atoms with Crippen LogP contribution in [-0.2, 0) is 0 Å². The maximum Gasteiger partial charge on any atom is 0.205 e. The molecule has 0 saturated heterocycles. The van der Waals surface area contributed by atoms with Crippen molar-refractivity contribution in [3.8, 4) is 5.69 Å². The number of aryl methyl sites for hydroxylation is 1. The van der Waals surface area contributed by atoms with Gasteiger partial charge in [0, 0.05) is 3.57 Å². The van der Waals surface area contributed by atoms with Gasteiger partial charge in [0.1, 0.15) is 0 Å². The van der Waals surface area contributed by atoms with Crippen molar-refractivity contribution in [3.05, 3.63) is 50.6 Å². The van der Waals surface area contributed by atoms with Gasteiger partial charge >= 0.3 is 0 Å². The number of nitrogen functional groups attached to an aromatic ring is 1. The molecule has 0 fully saturated rings. The minimum absolute atomic E-state index is 0.447. The topological polar surface area (TPSA) is 43.8 Å². The second kappa shape index (κ2) is 4.68. The van der Waals surface area contributed by atoms with E-state index < -0.39 is 0 Å². The lowest BCUT2D eigenvalue weighted by atomic mass is 10.2. The van der Waals surface area contributed by atoms with Gasteiger partial charge in [0.2, 0.25) is 5.95 Å². The molecular formula is C14H11ClIN3. The summed E-state index contributed by atoms with van der Waals surface area (Å²) >= 11 is 8.58. The van der Waals surface area contributed by atoms with Gasteiger partial charge in [-0.25, -0.2) is 4.98 Å². The largest absolute Gasteiger partial charge is 0.369 e. The number of anilines is 1. The second-order valence-corrected chi connectivity index (χ2v) is 6.05. The molecule has 0 amide bonds. The zero-order valence-electron chi connectivity index (χ0n) is 10.2. The smallest absolute Gasteiger partial charge is 0.205 e. The Balaban J connectivity index is 2.33. The third kappa shape index (κ3) is 2.19. The van der Waals surface area contributed by atoms with Crippen molar-refractivity contribution in [3.63, 3.8) is 0 Å². The third-order valence-electron chi connectivity index (χ3n) is 2.99. The van der Waals surface area contributed by atoms with Gasteiger partial charge in [-0.3, -0.25) is 4.57 Å². The Kier molecular flexibility index (Phi) is 3.14. The Morgan fingerprint density at radius 2 is 2.00 bits per heavy atom. The van der Waals surface area contributed by atoms with E-state index in [1.807, 2.05) is 47.9 Å². The number of halogens is 2. The van der Waals surface area contributed by atoms with Crippen LogP contribution in [0.1, 0.15) is 5.56 Å². The van der Waals surface area contributed by atoms with Crippen LogP contribution in [0.4, 0.5) is 5.95 Å². The lowest BCUT2D eigenvalue weighted by Crippen LogP contribution is -2.01. The lowest BCUT2D eigenvalue weighted by molar-refractivity contribution is 1.11. The quantitative estimate of drug-likeness (QED) is 0.641. The van der Waals surface area contributed by atoms with Crippen LogP contribution in [0.15, 0.2) is 36.4 Å². The van der Waals surface area contributed by atoms with E-state index in [2.05, 4.69) is 27.6 Å². The van der Waals surface area contributed by atoms with Crippen LogP contribution >= 0.6 is 34.2 Å².